The van der Waals surface area contributed by atoms with E-state index in [9.17, 15) is 14.7 Å². The minimum absolute atomic E-state index is 0.00336. The summed E-state index contributed by atoms with van der Waals surface area (Å²) in [6.45, 7) is 0.241. The zero-order valence-electron chi connectivity index (χ0n) is 15.5. The molecule has 0 aliphatic heterocycles. The predicted molar refractivity (Wildman–Crippen MR) is 104 cm³/mol. The first-order valence-corrected chi connectivity index (χ1v) is 9.61. The fourth-order valence-electron chi connectivity index (χ4n) is 3.84. The van der Waals surface area contributed by atoms with Crippen molar-refractivity contribution in [1.82, 2.24) is 19.3 Å². The summed E-state index contributed by atoms with van der Waals surface area (Å²) in [6, 6.07) is 6.85. The Morgan fingerprint density at radius 1 is 1.32 bits per heavy atom. The summed E-state index contributed by atoms with van der Waals surface area (Å²) in [5.74, 6) is -0.339. The van der Waals surface area contributed by atoms with Crippen LogP contribution in [0.4, 0.5) is 0 Å². The molecule has 0 saturated heterocycles. The van der Waals surface area contributed by atoms with Crippen molar-refractivity contribution < 1.29 is 9.90 Å². The number of rotatable bonds is 5. The minimum Gasteiger partial charge on any atom is -0.396 e. The van der Waals surface area contributed by atoms with Crippen molar-refractivity contribution in [3.8, 4) is 0 Å². The van der Waals surface area contributed by atoms with E-state index >= 15 is 0 Å². The Morgan fingerprint density at radius 3 is 2.86 bits per heavy atom. The number of fused-ring (bicyclic) bond motifs is 2. The van der Waals surface area contributed by atoms with Crippen LogP contribution in [0.3, 0.4) is 0 Å². The molecule has 1 aliphatic rings. The molecule has 1 saturated carbocycles. The lowest BCUT2D eigenvalue weighted by Gasteiger charge is -2.16. The van der Waals surface area contributed by atoms with Crippen molar-refractivity contribution in [2.75, 3.05) is 6.61 Å². The summed E-state index contributed by atoms with van der Waals surface area (Å²) in [6.07, 6.45) is 6.08. The number of nitrogens with one attached hydrogen (secondary N) is 2. The molecule has 4 rings (SSSR count). The number of carbonyl (C=O) groups excluding carboxylic acids is 1. The number of amides is 1. The van der Waals surface area contributed by atoms with Crippen molar-refractivity contribution in [3.63, 3.8) is 0 Å². The van der Waals surface area contributed by atoms with Crippen LogP contribution >= 0.6 is 0 Å². The lowest BCUT2D eigenvalue weighted by molar-refractivity contribution is 0.0935. The molecule has 3 heterocycles. The number of nitrogens with zero attached hydrogens (tertiary/aromatic N) is 3. The Bertz CT molecular complexity index is 1160. The summed E-state index contributed by atoms with van der Waals surface area (Å²) in [4.78, 5) is 30.4. The van der Waals surface area contributed by atoms with Crippen molar-refractivity contribution in [3.05, 3.63) is 51.9 Å². The highest BCUT2D eigenvalue weighted by Crippen LogP contribution is 2.18. The van der Waals surface area contributed by atoms with Gasteiger partial charge in [-0.25, -0.2) is 4.98 Å². The van der Waals surface area contributed by atoms with Crippen molar-refractivity contribution >= 4 is 22.6 Å². The van der Waals surface area contributed by atoms with Gasteiger partial charge < -0.3 is 15.0 Å². The first-order valence-electron chi connectivity index (χ1n) is 9.61. The van der Waals surface area contributed by atoms with Crippen LogP contribution in [-0.2, 0) is 6.54 Å². The quantitative estimate of drug-likeness (QED) is 0.576. The molecule has 1 aliphatic carbocycles. The fraction of sp³-hybridized carbons (Fsp3) is 0.400. The summed E-state index contributed by atoms with van der Waals surface area (Å²) in [5.41, 5.74) is 0.705. The van der Waals surface area contributed by atoms with E-state index < -0.39 is 0 Å². The third kappa shape index (κ3) is 3.20. The molecule has 0 atom stereocenters. The van der Waals surface area contributed by atoms with E-state index in [1.165, 1.54) is 10.5 Å². The van der Waals surface area contributed by atoms with Crippen LogP contribution in [0.25, 0.3) is 16.7 Å². The summed E-state index contributed by atoms with van der Waals surface area (Å²) < 4.78 is 2.98. The second-order valence-electron chi connectivity index (χ2n) is 7.17. The van der Waals surface area contributed by atoms with Gasteiger partial charge in [-0.2, -0.15) is 0 Å². The van der Waals surface area contributed by atoms with E-state index in [1.54, 1.807) is 29.0 Å². The van der Waals surface area contributed by atoms with Crippen LogP contribution in [0.2, 0.25) is 0 Å². The first-order chi connectivity index (χ1) is 13.6. The number of aliphatic hydroxyl groups excluding tert-OH is 1. The van der Waals surface area contributed by atoms with E-state index in [-0.39, 0.29) is 40.6 Å². The Morgan fingerprint density at radius 2 is 2.11 bits per heavy atom. The standard InChI is InChI=1S/C20H23N5O3/c21-17-14(19(27)22-13-6-1-2-7-13)12-15-18(25(17)10-5-11-26)23-16-8-3-4-9-24(16)20(15)28/h3-4,8-9,12-13,21,26H,1-2,5-7,10-11H2,(H,22,27). The normalized spacial score (nSPS) is 14.8. The van der Waals surface area contributed by atoms with E-state index in [0.29, 0.717) is 24.3 Å². The van der Waals surface area contributed by atoms with E-state index in [2.05, 4.69) is 10.3 Å². The molecular weight excluding hydrogens is 358 g/mol. The zero-order chi connectivity index (χ0) is 19.7. The molecular formula is C20H23N5O3. The van der Waals surface area contributed by atoms with Gasteiger partial charge in [0.25, 0.3) is 11.5 Å². The third-order valence-corrected chi connectivity index (χ3v) is 5.29. The molecule has 3 aromatic rings. The average Bonchev–Trinajstić information content (AvgIpc) is 3.20. The van der Waals surface area contributed by atoms with Crippen LogP contribution in [0.5, 0.6) is 0 Å². The number of aliphatic hydroxyl groups is 1. The molecule has 146 valence electrons. The van der Waals surface area contributed by atoms with Crippen molar-refractivity contribution in [2.45, 2.75) is 44.7 Å². The Hall–Kier alpha value is -3.00. The number of hydrogen-bond donors (Lipinski definition) is 3. The molecule has 1 fully saturated rings. The van der Waals surface area contributed by atoms with E-state index in [1.807, 2.05) is 0 Å². The van der Waals surface area contributed by atoms with E-state index in [4.69, 9.17) is 5.41 Å². The lowest BCUT2D eigenvalue weighted by Crippen LogP contribution is -2.38. The van der Waals surface area contributed by atoms with E-state index in [0.717, 1.165) is 25.7 Å². The second kappa shape index (κ2) is 7.55. The highest BCUT2D eigenvalue weighted by molar-refractivity contribution is 5.97. The van der Waals surface area contributed by atoms with Crippen LogP contribution in [0.15, 0.2) is 35.3 Å². The largest absolute Gasteiger partial charge is 0.396 e. The molecule has 8 heteroatoms. The zero-order valence-corrected chi connectivity index (χ0v) is 15.5. The molecule has 0 bridgehead atoms. The predicted octanol–water partition coefficient (Wildman–Crippen LogP) is 1.18. The monoisotopic (exact) mass is 381 g/mol. The highest BCUT2D eigenvalue weighted by Gasteiger charge is 2.21. The second-order valence-corrected chi connectivity index (χ2v) is 7.17. The molecule has 3 N–H and O–H groups in total. The topological polar surface area (TPSA) is 112 Å². The molecule has 3 aromatic heterocycles. The lowest BCUT2D eigenvalue weighted by atomic mass is 10.1. The van der Waals surface area contributed by atoms with Crippen LogP contribution < -0.4 is 16.4 Å². The molecule has 8 nitrogen and oxygen atoms in total. The molecule has 0 unspecified atom stereocenters. The van der Waals surface area contributed by atoms with Gasteiger partial charge in [0, 0.05) is 25.4 Å². The van der Waals surface area contributed by atoms with Crippen LogP contribution in [0.1, 0.15) is 42.5 Å². The maximum atomic E-state index is 13.0. The number of pyridine rings is 2. The van der Waals surface area contributed by atoms with Gasteiger partial charge in [0.2, 0.25) is 0 Å². The summed E-state index contributed by atoms with van der Waals surface area (Å²) in [5, 5.41) is 21.1. The molecule has 28 heavy (non-hydrogen) atoms. The van der Waals surface area contributed by atoms with Gasteiger partial charge in [-0.3, -0.25) is 19.4 Å². The average molecular weight is 381 g/mol. The summed E-state index contributed by atoms with van der Waals surface area (Å²) in [7, 11) is 0. The van der Waals surface area contributed by atoms with Crippen LogP contribution in [-0.4, -0.2) is 37.6 Å². The van der Waals surface area contributed by atoms with Gasteiger partial charge in [-0.1, -0.05) is 18.9 Å². The highest BCUT2D eigenvalue weighted by atomic mass is 16.3. The smallest absolute Gasteiger partial charge is 0.267 e. The molecule has 0 aromatic carbocycles. The molecule has 0 spiro atoms. The Balaban J connectivity index is 1.92. The van der Waals surface area contributed by atoms with Gasteiger partial charge in [0.15, 0.2) is 0 Å². The number of hydrogen-bond acceptors (Lipinski definition) is 5. The maximum Gasteiger partial charge on any atom is 0.267 e. The van der Waals surface area contributed by atoms with Gasteiger partial charge in [0.05, 0.1) is 10.9 Å². The number of carbonyl (C=O) groups is 1. The number of aryl methyl sites for hydroxylation is 1. The Kier molecular flexibility index (Phi) is 4.95. The summed E-state index contributed by atoms with van der Waals surface area (Å²) >= 11 is 0. The van der Waals surface area contributed by atoms with Gasteiger partial charge in [0.1, 0.15) is 16.8 Å². The third-order valence-electron chi connectivity index (χ3n) is 5.29. The fourth-order valence-corrected chi connectivity index (χ4v) is 3.84. The van der Waals surface area contributed by atoms with Crippen molar-refractivity contribution in [2.24, 2.45) is 0 Å². The SMILES string of the molecule is N=c1c(C(=O)NC2CCCC2)cc2c(=O)n3ccccc3nc2n1CCCO. The number of aromatic nitrogens is 3. The maximum absolute atomic E-state index is 13.0. The first kappa shape index (κ1) is 18.4. The van der Waals surface area contributed by atoms with Crippen molar-refractivity contribution in [1.29, 1.82) is 5.41 Å². The molecule has 1 amide bonds. The van der Waals surface area contributed by atoms with Gasteiger partial charge in [-0.05, 0) is 37.5 Å². The van der Waals surface area contributed by atoms with Gasteiger partial charge in [-0.15, -0.1) is 0 Å². The van der Waals surface area contributed by atoms with Gasteiger partial charge >= 0.3 is 0 Å². The minimum atomic E-state index is -0.339. The Labute approximate surface area is 161 Å². The molecule has 0 radical (unpaired) electrons. The van der Waals surface area contributed by atoms with Crippen LogP contribution in [0, 0.1) is 5.41 Å².